The van der Waals surface area contributed by atoms with E-state index in [2.05, 4.69) is 217 Å². The van der Waals surface area contributed by atoms with E-state index in [-0.39, 0.29) is 0 Å². The number of rotatable bonds is 5. The van der Waals surface area contributed by atoms with E-state index < -0.39 is 0 Å². The first kappa shape index (κ1) is 32.3. The zero-order valence-corrected chi connectivity index (χ0v) is 31.4. The summed E-state index contributed by atoms with van der Waals surface area (Å²) < 4.78 is 4.88. The number of allylic oxidation sites excluding steroid dienone is 4. The number of benzene rings is 9. The number of nitrogens with zero attached hydrogens (tertiary/aromatic N) is 2. The number of hydrogen-bond donors (Lipinski definition) is 0. The van der Waals surface area contributed by atoms with Crippen molar-refractivity contribution >= 4 is 81.5 Å². The van der Waals surface area contributed by atoms with E-state index in [0.29, 0.717) is 0 Å². The fourth-order valence-electron chi connectivity index (χ4n) is 9.22. The molecular weight excluding hydrogens is 677 g/mol. The van der Waals surface area contributed by atoms with Crippen molar-refractivity contribution in [3.8, 4) is 22.5 Å². The third-order valence-corrected chi connectivity index (χ3v) is 11.8. The van der Waals surface area contributed by atoms with Crippen molar-refractivity contribution in [2.75, 3.05) is 0 Å². The molecule has 2 nitrogen and oxygen atoms in total. The van der Waals surface area contributed by atoms with Crippen LogP contribution in [0.2, 0.25) is 0 Å². The molecule has 0 spiro atoms. The summed E-state index contributed by atoms with van der Waals surface area (Å²) in [5.74, 6) is 0. The van der Waals surface area contributed by atoms with Crippen LogP contribution in [0.3, 0.4) is 0 Å². The van der Waals surface area contributed by atoms with Crippen LogP contribution in [0.25, 0.3) is 104 Å². The highest BCUT2D eigenvalue weighted by Gasteiger charge is 2.18. The molecule has 2 heterocycles. The van der Waals surface area contributed by atoms with Gasteiger partial charge in [-0.2, -0.15) is 0 Å². The van der Waals surface area contributed by atoms with Crippen molar-refractivity contribution < 1.29 is 0 Å². The maximum atomic E-state index is 2.46. The Morgan fingerprint density at radius 2 is 0.929 bits per heavy atom. The monoisotopic (exact) mass is 714 g/mol. The van der Waals surface area contributed by atoms with E-state index in [1.807, 2.05) is 0 Å². The van der Waals surface area contributed by atoms with Crippen molar-refractivity contribution in [3.05, 3.63) is 200 Å². The molecule has 11 aromatic rings. The molecule has 0 radical (unpaired) electrons. The zero-order valence-electron chi connectivity index (χ0n) is 31.4. The van der Waals surface area contributed by atoms with Crippen molar-refractivity contribution in [1.82, 2.24) is 9.13 Å². The van der Waals surface area contributed by atoms with Gasteiger partial charge in [0.2, 0.25) is 0 Å². The highest BCUT2D eigenvalue weighted by atomic mass is 15.0. The van der Waals surface area contributed by atoms with Gasteiger partial charge in [-0.15, -0.1) is 0 Å². The van der Waals surface area contributed by atoms with Gasteiger partial charge in [-0.25, -0.2) is 0 Å². The highest BCUT2D eigenvalue weighted by molar-refractivity contribution is 6.24. The lowest BCUT2D eigenvalue weighted by Crippen LogP contribution is -1.95. The second-order valence-corrected chi connectivity index (χ2v) is 14.8. The predicted octanol–water partition coefficient (Wildman–Crippen LogP) is 15.0. The topological polar surface area (TPSA) is 9.86 Å². The summed E-state index contributed by atoms with van der Waals surface area (Å²) in [7, 11) is 0. The largest absolute Gasteiger partial charge is 0.309 e. The molecule has 0 atom stereocenters. The molecule has 56 heavy (non-hydrogen) atoms. The van der Waals surface area contributed by atoms with Crippen LogP contribution in [0.1, 0.15) is 19.4 Å². The standard InChI is InChI=1S/C54H38N2/c1-3-12-35(4-2)36-25-29-42(30-26-36)55-49-18-9-7-16-44(49)53-46-33-40(23-21-38(46)27-31-51(53)55)41-24-22-39-28-32-52-54(47(39)34-41)45-17-8-10-19-50(45)56(52)48-20-11-14-37-13-5-6-15-43(37)48/h3-34H,1-2H3/b12-3-,35-4+. The van der Waals surface area contributed by atoms with Gasteiger partial charge in [-0.3, -0.25) is 0 Å². The van der Waals surface area contributed by atoms with Crippen LogP contribution in [0, 0.1) is 0 Å². The predicted molar refractivity (Wildman–Crippen MR) is 242 cm³/mol. The molecule has 0 amide bonds. The number of aromatic nitrogens is 2. The molecular formula is C54H38N2. The molecule has 264 valence electrons. The van der Waals surface area contributed by atoms with Crippen molar-refractivity contribution in [3.63, 3.8) is 0 Å². The number of fused-ring (bicyclic) bond motifs is 11. The lowest BCUT2D eigenvalue weighted by atomic mass is 9.95. The Bertz CT molecular complexity index is 3420. The van der Waals surface area contributed by atoms with Gasteiger partial charge in [0.25, 0.3) is 0 Å². The maximum absolute atomic E-state index is 2.46. The van der Waals surface area contributed by atoms with Gasteiger partial charge in [-0.1, -0.05) is 140 Å². The molecule has 2 heteroatoms. The van der Waals surface area contributed by atoms with Crippen LogP contribution in [0.4, 0.5) is 0 Å². The van der Waals surface area contributed by atoms with Gasteiger partial charge < -0.3 is 9.13 Å². The fraction of sp³-hybridized carbons (Fsp3) is 0.0370. The first-order valence-electron chi connectivity index (χ1n) is 19.5. The first-order chi connectivity index (χ1) is 27.7. The molecule has 0 aliphatic heterocycles. The molecule has 0 saturated heterocycles. The van der Waals surface area contributed by atoms with Crippen molar-refractivity contribution in [1.29, 1.82) is 0 Å². The molecule has 2 aromatic heterocycles. The SMILES string of the molecule is C/C=C\C(=C/C)c1ccc(-n2c3ccccc3c3c4cc(-c5ccc6ccc7c(c6c5)c5ccccc5n7-c5cccc6ccccc56)ccc4ccc32)cc1. The Balaban J connectivity index is 1.11. The van der Waals surface area contributed by atoms with Crippen LogP contribution in [-0.4, -0.2) is 9.13 Å². The summed E-state index contributed by atoms with van der Waals surface area (Å²) in [5.41, 5.74) is 12.1. The molecule has 11 rings (SSSR count). The van der Waals surface area contributed by atoms with Crippen LogP contribution in [0.15, 0.2) is 194 Å². The molecule has 0 fully saturated rings. The van der Waals surface area contributed by atoms with Gasteiger partial charge in [0.15, 0.2) is 0 Å². The minimum absolute atomic E-state index is 1.16. The lowest BCUT2D eigenvalue weighted by Gasteiger charge is -2.12. The lowest BCUT2D eigenvalue weighted by molar-refractivity contribution is 1.18. The van der Waals surface area contributed by atoms with E-state index in [4.69, 9.17) is 0 Å². The Labute approximate surface area is 325 Å². The Hall–Kier alpha value is -7.16. The van der Waals surface area contributed by atoms with Crippen LogP contribution < -0.4 is 0 Å². The summed E-state index contributed by atoms with van der Waals surface area (Å²) in [5, 5.41) is 12.6. The quantitative estimate of drug-likeness (QED) is 0.157. The molecule has 0 aliphatic carbocycles. The number of para-hydroxylation sites is 2. The van der Waals surface area contributed by atoms with Crippen LogP contribution >= 0.6 is 0 Å². The summed E-state index contributed by atoms with van der Waals surface area (Å²) in [6, 6.07) is 65.1. The molecule has 0 unspecified atom stereocenters. The first-order valence-corrected chi connectivity index (χ1v) is 19.5. The Morgan fingerprint density at radius 3 is 1.55 bits per heavy atom. The summed E-state index contributed by atoms with van der Waals surface area (Å²) in [6.45, 7) is 4.16. The van der Waals surface area contributed by atoms with E-state index in [9.17, 15) is 0 Å². The Kier molecular flexibility index (Phi) is 7.33. The minimum Gasteiger partial charge on any atom is -0.309 e. The summed E-state index contributed by atoms with van der Waals surface area (Å²) >= 11 is 0. The highest BCUT2D eigenvalue weighted by Crippen LogP contribution is 2.42. The average Bonchev–Trinajstić information content (AvgIpc) is 3.78. The average molecular weight is 715 g/mol. The van der Waals surface area contributed by atoms with Gasteiger partial charge in [0.05, 0.1) is 27.8 Å². The molecule has 0 bridgehead atoms. The van der Waals surface area contributed by atoms with E-state index in [0.717, 1.165) is 5.69 Å². The van der Waals surface area contributed by atoms with E-state index in [1.54, 1.807) is 0 Å². The van der Waals surface area contributed by atoms with Crippen LogP contribution in [0.5, 0.6) is 0 Å². The second-order valence-electron chi connectivity index (χ2n) is 14.8. The Morgan fingerprint density at radius 1 is 0.411 bits per heavy atom. The van der Waals surface area contributed by atoms with Crippen molar-refractivity contribution in [2.45, 2.75) is 13.8 Å². The maximum Gasteiger partial charge on any atom is 0.0547 e. The van der Waals surface area contributed by atoms with Crippen LogP contribution in [-0.2, 0) is 0 Å². The third-order valence-electron chi connectivity index (χ3n) is 11.8. The summed E-state index contributed by atoms with van der Waals surface area (Å²) in [4.78, 5) is 0. The zero-order chi connectivity index (χ0) is 37.3. The van der Waals surface area contributed by atoms with Crippen molar-refractivity contribution in [2.24, 2.45) is 0 Å². The van der Waals surface area contributed by atoms with Gasteiger partial charge in [-0.05, 0) is 118 Å². The fourth-order valence-corrected chi connectivity index (χ4v) is 9.22. The molecule has 9 aromatic carbocycles. The molecule has 0 saturated carbocycles. The second kappa shape index (κ2) is 12.7. The van der Waals surface area contributed by atoms with Gasteiger partial charge in [0.1, 0.15) is 0 Å². The third kappa shape index (κ3) is 4.82. The van der Waals surface area contributed by atoms with Gasteiger partial charge in [0, 0.05) is 32.6 Å². The van der Waals surface area contributed by atoms with E-state index >= 15 is 0 Å². The number of hydrogen-bond acceptors (Lipinski definition) is 0. The minimum atomic E-state index is 1.16. The molecule has 0 aliphatic rings. The molecule has 0 N–H and O–H groups in total. The normalized spacial score (nSPS) is 12.5. The summed E-state index contributed by atoms with van der Waals surface area (Å²) in [6.07, 6.45) is 6.43. The van der Waals surface area contributed by atoms with E-state index in [1.165, 1.54) is 104 Å². The van der Waals surface area contributed by atoms with Gasteiger partial charge >= 0.3 is 0 Å². The smallest absolute Gasteiger partial charge is 0.0547 e.